The predicted octanol–water partition coefficient (Wildman–Crippen LogP) is 0.691. The fourth-order valence-corrected chi connectivity index (χ4v) is 2.36. The summed E-state index contributed by atoms with van der Waals surface area (Å²) in [5, 5.41) is 20.5. The van der Waals surface area contributed by atoms with Crippen molar-refractivity contribution in [3.63, 3.8) is 0 Å². The van der Waals surface area contributed by atoms with E-state index >= 15 is 0 Å². The minimum absolute atomic E-state index is 0.0307. The molecule has 0 radical (unpaired) electrons. The summed E-state index contributed by atoms with van der Waals surface area (Å²) in [5.41, 5.74) is -1.16. The quantitative estimate of drug-likeness (QED) is 0.183. The van der Waals surface area contributed by atoms with E-state index in [0.29, 0.717) is 19.0 Å². The molecule has 30 heavy (non-hydrogen) atoms. The van der Waals surface area contributed by atoms with E-state index in [1.807, 2.05) is 5.32 Å². The van der Waals surface area contributed by atoms with Crippen molar-refractivity contribution in [2.45, 2.75) is 38.0 Å². The van der Waals surface area contributed by atoms with E-state index in [0.717, 1.165) is 5.48 Å². The molecule has 3 amide bonds. The zero-order chi connectivity index (χ0) is 23.1. The summed E-state index contributed by atoms with van der Waals surface area (Å²) < 4.78 is 26.0. The first-order chi connectivity index (χ1) is 14.1. The molecular formula is C20H23F2N3O5. The number of halogens is 2. The Labute approximate surface area is 172 Å². The SMILES string of the molecule is C=C.CC(=O)N1CC1C#Cc1ccc(C(=O)NC(C(=O)NO)C(C)(O)C(F)F)cc1. The molecule has 0 spiro atoms. The third-order valence-corrected chi connectivity index (χ3v) is 4.22. The average molecular weight is 423 g/mol. The summed E-state index contributed by atoms with van der Waals surface area (Å²) in [6.45, 7) is 8.69. The number of hydrogen-bond donors (Lipinski definition) is 4. The molecule has 1 heterocycles. The van der Waals surface area contributed by atoms with E-state index in [1.54, 1.807) is 4.90 Å². The summed E-state index contributed by atoms with van der Waals surface area (Å²) in [6.07, 6.45) is -3.36. The van der Waals surface area contributed by atoms with E-state index in [2.05, 4.69) is 25.0 Å². The van der Waals surface area contributed by atoms with E-state index in [9.17, 15) is 28.3 Å². The Balaban J connectivity index is 0.00000218. The van der Waals surface area contributed by atoms with Gasteiger partial charge in [0.25, 0.3) is 18.2 Å². The Kier molecular flexibility index (Phi) is 8.64. The lowest BCUT2D eigenvalue weighted by Gasteiger charge is -2.30. The van der Waals surface area contributed by atoms with Gasteiger partial charge >= 0.3 is 0 Å². The Morgan fingerprint density at radius 1 is 1.27 bits per heavy atom. The fraction of sp³-hybridized carbons (Fsp3) is 0.350. The highest BCUT2D eigenvalue weighted by molar-refractivity contribution is 5.97. The van der Waals surface area contributed by atoms with E-state index < -0.39 is 29.9 Å². The van der Waals surface area contributed by atoms with Crippen molar-refractivity contribution in [2.24, 2.45) is 0 Å². The minimum atomic E-state index is -3.36. The van der Waals surface area contributed by atoms with Crippen LogP contribution in [0.3, 0.4) is 0 Å². The first-order valence-corrected chi connectivity index (χ1v) is 8.72. The van der Waals surface area contributed by atoms with Crippen LogP contribution in [-0.4, -0.2) is 63.6 Å². The standard InChI is InChI=1S/C18H19F2N3O5.C2H4/c1-10(24)23-9-13(23)8-5-11-3-6-12(7-4-11)15(25)21-14(16(26)22-28)18(2,27)17(19)20;1-2/h3-4,6-7,13-14,17,27-28H,9H2,1-2H3,(H,21,25)(H,22,26);1-2H2. The highest BCUT2D eigenvalue weighted by atomic mass is 19.3. The largest absolute Gasteiger partial charge is 0.381 e. The molecule has 0 aromatic heterocycles. The Hall–Kier alpha value is -3.29. The zero-order valence-electron chi connectivity index (χ0n) is 16.5. The molecule has 0 bridgehead atoms. The molecule has 2 rings (SSSR count). The topological polar surface area (TPSA) is 119 Å². The van der Waals surface area contributed by atoms with E-state index in [1.165, 1.54) is 31.2 Å². The lowest BCUT2D eigenvalue weighted by Crippen LogP contribution is -2.61. The van der Waals surface area contributed by atoms with Crippen LogP contribution >= 0.6 is 0 Å². The van der Waals surface area contributed by atoms with Crippen LogP contribution < -0.4 is 10.8 Å². The molecule has 1 aliphatic heterocycles. The van der Waals surface area contributed by atoms with Crippen LogP contribution in [-0.2, 0) is 9.59 Å². The molecule has 0 saturated carbocycles. The number of rotatable bonds is 5. The van der Waals surface area contributed by atoms with Crippen LogP contribution in [0, 0.1) is 11.8 Å². The monoisotopic (exact) mass is 423 g/mol. The zero-order valence-corrected chi connectivity index (χ0v) is 16.5. The van der Waals surface area contributed by atoms with Gasteiger partial charge in [-0.3, -0.25) is 19.6 Å². The van der Waals surface area contributed by atoms with Gasteiger partial charge in [0.2, 0.25) is 5.91 Å². The van der Waals surface area contributed by atoms with Crippen LogP contribution in [0.25, 0.3) is 0 Å². The average Bonchev–Trinajstić information content (AvgIpc) is 3.51. The fourth-order valence-electron chi connectivity index (χ4n) is 2.36. The molecule has 8 nitrogen and oxygen atoms in total. The molecule has 1 aliphatic rings. The number of nitrogens with zero attached hydrogens (tertiary/aromatic N) is 1. The van der Waals surface area contributed by atoms with Gasteiger partial charge in [-0.15, -0.1) is 13.2 Å². The van der Waals surface area contributed by atoms with Gasteiger partial charge in [0.15, 0.2) is 5.60 Å². The molecule has 1 aromatic rings. The number of benzene rings is 1. The molecule has 1 fully saturated rings. The minimum Gasteiger partial charge on any atom is -0.381 e. The normalized spacial score (nSPS) is 17.3. The summed E-state index contributed by atoms with van der Waals surface area (Å²) in [5.74, 6) is 3.40. The number of carbonyl (C=O) groups excluding carboxylic acids is 3. The van der Waals surface area contributed by atoms with Gasteiger partial charge in [0, 0.05) is 18.1 Å². The second kappa shape index (κ2) is 10.5. The lowest BCUT2D eigenvalue weighted by atomic mass is 9.95. The van der Waals surface area contributed by atoms with Crippen LogP contribution in [0.5, 0.6) is 0 Å². The third kappa shape index (κ3) is 6.10. The van der Waals surface area contributed by atoms with Crippen LogP contribution in [0.2, 0.25) is 0 Å². The van der Waals surface area contributed by atoms with Gasteiger partial charge in [-0.25, -0.2) is 14.3 Å². The van der Waals surface area contributed by atoms with Crippen molar-refractivity contribution in [3.8, 4) is 11.8 Å². The van der Waals surface area contributed by atoms with Gasteiger partial charge in [-0.2, -0.15) is 0 Å². The molecule has 10 heteroatoms. The number of hydrogen-bond acceptors (Lipinski definition) is 5. The van der Waals surface area contributed by atoms with E-state index in [4.69, 9.17) is 5.21 Å². The summed E-state index contributed by atoms with van der Waals surface area (Å²) >= 11 is 0. The molecule has 4 N–H and O–H groups in total. The highest BCUT2D eigenvalue weighted by Gasteiger charge is 2.46. The molecular weight excluding hydrogens is 400 g/mol. The van der Waals surface area contributed by atoms with Crippen LogP contribution in [0.4, 0.5) is 8.78 Å². The van der Waals surface area contributed by atoms with Crippen molar-refractivity contribution in [1.82, 2.24) is 15.7 Å². The van der Waals surface area contributed by atoms with Crippen molar-refractivity contribution in [1.29, 1.82) is 0 Å². The molecule has 0 aliphatic carbocycles. The van der Waals surface area contributed by atoms with Crippen molar-refractivity contribution >= 4 is 17.7 Å². The predicted molar refractivity (Wildman–Crippen MR) is 104 cm³/mol. The maximum absolute atomic E-state index is 13.0. The number of amides is 3. The second-order valence-electron chi connectivity index (χ2n) is 6.44. The summed E-state index contributed by atoms with van der Waals surface area (Å²) in [6, 6.07) is 3.52. The summed E-state index contributed by atoms with van der Waals surface area (Å²) in [4.78, 5) is 36.5. The van der Waals surface area contributed by atoms with Gasteiger partial charge < -0.3 is 15.3 Å². The molecule has 1 saturated heterocycles. The third-order valence-electron chi connectivity index (χ3n) is 4.22. The number of aliphatic hydroxyl groups is 1. The number of carbonyl (C=O) groups is 3. The lowest BCUT2D eigenvalue weighted by molar-refractivity contribution is -0.149. The van der Waals surface area contributed by atoms with E-state index in [-0.39, 0.29) is 17.5 Å². The van der Waals surface area contributed by atoms with Gasteiger partial charge in [0.1, 0.15) is 12.1 Å². The van der Waals surface area contributed by atoms with Crippen molar-refractivity contribution in [2.75, 3.05) is 6.54 Å². The molecule has 3 unspecified atom stereocenters. The second-order valence-corrected chi connectivity index (χ2v) is 6.44. The molecule has 3 atom stereocenters. The van der Waals surface area contributed by atoms with Gasteiger partial charge in [0.05, 0.1) is 6.54 Å². The number of alkyl halides is 2. The number of nitrogens with one attached hydrogen (secondary N) is 2. The Bertz CT molecular complexity index is 846. The van der Waals surface area contributed by atoms with Crippen molar-refractivity contribution in [3.05, 3.63) is 48.6 Å². The number of hydroxylamine groups is 1. The molecule has 162 valence electrons. The first-order valence-electron chi connectivity index (χ1n) is 8.72. The highest BCUT2D eigenvalue weighted by Crippen LogP contribution is 2.20. The maximum Gasteiger partial charge on any atom is 0.269 e. The summed E-state index contributed by atoms with van der Waals surface area (Å²) in [7, 11) is 0. The first kappa shape index (κ1) is 24.7. The van der Waals surface area contributed by atoms with Gasteiger partial charge in [-0.05, 0) is 31.2 Å². The van der Waals surface area contributed by atoms with Crippen LogP contribution in [0.15, 0.2) is 37.4 Å². The Morgan fingerprint density at radius 2 is 1.83 bits per heavy atom. The maximum atomic E-state index is 13.0. The smallest absolute Gasteiger partial charge is 0.269 e. The van der Waals surface area contributed by atoms with Gasteiger partial charge in [-0.1, -0.05) is 11.8 Å². The van der Waals surface area contributed by atoms with Crippen LogP contribution in [0.1, 0.15) is 29.8 Å². The Morgan fingerprint density at radius 3 is 2.27 bits per heavy atom. The van der Waals surface area contributed by atoms with Crippen molar-refractivity contribution < 1.29 is 33.5 Å². The molecule has 1 aromatic carbocycles.